The molecule has 0 saturated carbocycles. The lowest BCUT2D eigenvalue weighted by atomic mass is 10.1. The third kappa shape index (κ3) is 3.44. The summed E-state index contributed by atoms with van der Waals surface area (Å²) in [6.07, 6.45) is 2.13. The Bertz CT molecular complexity index is 1150. The van der Waals surface area contributed by atoms with Crippen LogP contribution in [0.15, 0.2) is 41.5 Å². The number of fused-ring (bicyclic) bond motifs is 1. The van der Waals surface area contributed by atoms with Gasteiger partial charge in [-0.1, -0.05) is 0 Å². The number of nitrogens with zero attached hydrogens (tertiary/aromatic N) is 4. The van der Waals surface area contributed by atoms with Gasteiger partial charge in [0.25, 0.3) is 0 Å². The summed E-state index contributed by atoms with van der Waals surface area (Å²) in [6.45, 7) is 2.76. The first kappa shape index (κ1) is 19.0. The van der Waals surface area contributed by atoms with E-state index in [0.717, 1.165) is 31.5 Å². The molecule has 0 atom stereocenters. The smallest absolute Gasteiger partial charge is 0.341 e. The summed E-state index contributed by atoms with van der Waals surface area (Å²) in [7, 11) is 1.99. The molecule has 1 N–H and O–H groups in total. The molecular weight excluding hydrogens is 382 g/mol. The van der Waals surface area contributed by atoms with E-state index in [2.05, 4.69) is 9.88 Å². The van der Waals surface area contributed by atoms with E-state index >= 15 is 0 Å². The lowest BCUT2D eigenvalue weighted by Gasteiger charge is -2.34. The highest BCUT2D eigenvalue weighted by Gasteiger charge is 2.22. The fourth-order valence-corrected chi connectivity index (χ4v) is 3.48. The summed E-state index contributed by atoms with van der Waals surface area (Å²) in [5.41, 5.74) is -0.677. The highest BCUT2D eigenvalue weighted by Crippen LogP contribution is 2.27. The molecule has 1 aliphatic heterocycles. The Morgan fingerprint density at radius 2 is 1.86 bits per heavy atom. The minimum absolute atomic E-state index is 0.0774. The van der Waals surface area contributed by atoms with Gasteiger partial charge < -0.3 is 19.5 Å². The van der Waals surface area contributed by atoms with E-state index in [1.165, 1.54) is 22.8 Å². The van der Waals surface area contributed by atoms with Gasteiger partial charge in [-0.15, -0.1) is 0 Å². The van der Waals surface area contributed by atoms with Gasteiger partial charge in [0.2, 0.25) is 5.43 Å². The molecule has 0 bridgehead atoms. The number of aromatic nitrogens is 2. The Morgan fingerprint density at radius 1 is 1.14 bits per heavy atom. The summed E-state index contributed by atoms with van der Waals surface area (Å²) in [4.78, 5) is 32.2. The van der Waals surface area contributed by atoms with Crippen LogP contribution in [0, 0.1) is 11.6 Å². The zero-order valence-electron chi connectivity index (χ0n) is 15.6. The number of aromatic carboxylic acids is 1. The van der Waals surface area contributed by atoms with Gasteiger partial charge in [-0.2, -0.15) is 0 Å². The van der Waals surface area contributed by atoms with Crippen molar-refractivity contribution < 1.29 is 18.7 Å². The van der Waals surface area contributed by atoms with Crippen molar-refractivity contribution in [1.29, 1.82) is 0 Å². The first-order valence-corrected chi connectivity index (χ1v) is 9.03. The Kier molecular flexibility index (Phi) is 4.75. The van der Waals surface area contributed by atoms with Crippen molar-refractivity contribution >= 4 is 22.6 Å². The Hall–Kier alpha value is -3.33. The maximum absolute atomic E-state index is 14.9. The van der Waals surface area contributed by atoms with E-state index in [9.17, 15) is 23.5 Å². The van der Waals surface area contributed by atoms with E-state index in [-0.39, 0.29) is 11.2 Å². The third-order valence-corrected chi connectivity index (χ3v) is 5.11. The maximum atomic E-state index is 14.9. The number of benzene rings is 1. The minimum atomic E-state index is -1.43. The second-order valence-electron chi connectivity index (χ2n) is 6.99. The molecule has 150 valence electrons. The van der Waals surface area contributed by atoms with Crippen LogP contribution in [-0.2, 0) is 0 Å². The van der Waals surface area contributed by atoms with Crippen LogP contribution in [0.4, 0.5) is 14.5 Å². The van der Waals surface area contributed by atoms with Crippen LogP contribution >= 0.6 is 0 Å². The third-order valence-electron chi connectivity index (χ3n) is 5.11. The number of pyridine rings is 2. The number of carboxylic acid groups (broad SMARTS) is 1. The van der Waals surface area contributed by atoms with Crippen LogP contribution in [0.2, 0.25) is 0 Å². The van der Waals surface area contributed by atoms with Crippen molar-refractivity contribution in [1.82, 2.24) is 14.5 Å². The number of likely N-dealkylation sites (N-methyl/N-ethyl adjacent to an activating group) is 1. The summed E-state index contributed by atoms with van der Waals surface area (Å²) in [6, 6.07) is 5.13. The van der Waals surface area contributed by atoms with Gasteiger partial charge in [0, 0.05) is 32.4 Å². The monoisotopic (exact) mass is 400 g/mol. The molecule has 4 rings (SSSR count). The van der Waals surface area contributed by atoms with Crippen LogP contribution in [-0.4, -0.2) is 58.8 Å². The number of carboxylic acids is 1. The van der Waals surface area contributed by atoms with E-state index < -0.39 is 28.6 Å². The molecule has 29 heavy (non-hydrogen) atoms. The van der Waals surface area contributed by atoms with Crippen molar-refractivity contribution in [3.05, 3.63) is 64.1 Å². The molecule has 2 aromatic heterocycles. The van der Waals surface area contributed by atoms with Crippen LogP contribution in [0.3, 0.4) is 0 Å². The molecule has 9 heteroatoms. The van der Waals surface area contributed by atoms with Crippen molar-refractivity contribution in [2.24, 2.45) is 0 Å². The molecule has 1 aromatic carbocycles. The van der Waals surface area contributed by atoms with Crippen LogP contribution in [0.25, 0.3) is 16.7 Å². The molecule has 3 aromatic rings. The number of piperazine rings is 1. The summed E-state index contributed by atoms with van der Waals surface area (Å²) in [5, 5.41) is 9.32. The van der Waals surface area contributed by atoms with E-state index in [1.54, 1.807) is 0 Å². The summed E-state index contributed by atoms with van der Waals surface area (Å²) < 4.78 is 29.6. The first-order valence-electron chi connectivity index (χ1n) is 9.03. The second kappa shape index (κ2) is 7.25. The van der Waals surface area contributed by atoms with E-state index in [4.69, 9.17) is 0 Å². The average Bonchev–Trinajstić information content (AvgIpc) is 2.70. The van der Waals surface area contributed by atoms with Gasteiger partial charge in [-0.25, -0.2) is 18.6 Å². The molecule has 7 nitrogen and oxygen atoms in total. The number of rotatable bonds is 3. The lowest BCUT2D eigenvalue weighted by molar-refractivity contribution is 0.0695. The zero-order chi connectivity index (χ0) is 20.7. The van der Waals surface area contributed by atoms with E-state index in [0.29, 0.717) is 24.3 Å². The van der Waals surface area contributed by atoms with Gasteiger partial charge in [-0.05, 0) is 31.3 Å². The summed E-state index contributed by atoms with van der Waals surface area (Å²) in [5.74, 6) is -2.37. The molecule has 3 heterocycles. The van der Waals surface area contributed by atoms with Crippen molar-refractivity contribution in [3.63, 3.8) is 0 Å². The number of hydrogen-bond acceptors (Lipinski definition) is 5. The first-order chi connectivity index (χ1) is 13.8. The topological polar surface area (TPSA) is 78.7 Å². The molecule has 0 radical (unpaired) electrons. The number of anilines is 1. The van der Waals surface area contributed by atoms with Crippen molar-refractivity contribution in [2.75, 3.05) is 38.1 Å². The average molecular weight is 400 g/mol. The number of halogens is 2. The Morgan fingerprint density at radius 3 is 2.48 bits per heavy atom. The van der Waals surface area contributed by atoms with Crippen molar-refractivity contribution in [3.8, 4) is 5.82 Å². The van der Waals surface area contributed by atoms with Crippen LogP contribution in [0.5, 0.6) is 0 Å². The molecule has 0 amide bonds. The predicted molar refractivity (Wildman–Crippen MR) is 104 cm³/mol. The number of hydrogen-bond donors (Lipinski definition) is 1. The van der Waals surface area contributed by atoms with Gasteiger partial charge in [0.1, 0.15) is 23.0 Å². The second-order valence-corrected chi connectivity index (χ2v) is 6.99. The molecule has 1 aliphatic rings. The zero-order valence-corrected chi connectivity index (χ0v) is 15.6. The highest BCUT2D eigenvalue weighted by atomic mass is 19.1. The molecule has 1 fully saturated rings. The van der Waals surface area contributed by atoms with Gasteiger partial charge in [0.15, 0.2) is 0 Å². The standard InChI is InChI=1S/C20H18F2N4O3/c1-24-4-6-25(7-5-24)17-9-16-13(8-15(17)22)19(27)14(20(28)29)11-26(16)18-3-2-12(21)10-23-18/h2-3,8-11H,4-7H2,1H3,(H,28,29). The number of carbonyl (C=O) groups is 1. The maximum Gasteiger partial charge on any atom is 0.341 e. The van der Waals surface area contributed by atoms with E-state index in [1.807, 2.05) is 11.9 Å². The Labute approximate surface area is 164 Å². The molecule has 0 unspecified atom stereocenters. The Balaban J connectivity index is 1.97. The molecular formula is C20H18F2N4O3. The van der Waals surface area contributed by atoms with Gasteiger partial charge in [0.05, 0.1) is 22.8 Å². The van der Waals surface area contributed by atoms with Gasteiger partial charge >= 0.3 is 5.97 Å². The fraction of sp³-hybridized carbons (Fsp3) is 0.250. The quantitative estimate of drug-likeness (QED) is 0.726. The highest BCUT2D eigenvalue weighted by molar-refractivity contribution is 5.94. The SMILES string of the molecule is CN1CCN(c2cc3c(cc2F)c(=O)c(C(=O)O)cn3-c2ccc(F)cn2)CC1. The summed E-state index contributed by atoms with van der Waals surface area (Å²) >= 11 is 0. The van der Waals surface area contributed by atoms with Gasteiger partial charge in [-0.3, -0.25) is 4.79 Å². The lowest BCUT2D eigenvalue weighted by Crippen LogP contribution is -2.44. The predicted octanol–water partition coefficient (Wildman–Crippen LogP) is 2.11. The molecule has 0 aliphatic carbocycles. The van der Waals surface area contributed by atoms with Crippen molar-refractivity contribution in [2.45, 2.75) is 0 Å². The molecule has 0 spiro atoms. The normalized spacial score (nSPS) is 15.1. The molecule has 1 saturated heterocycles. The van der Waals surface area contributed by atoms with Crippen LogP contribution < -0.4 is 10.3 Å². The largest absolute Gasteiger partial charge is 0.477 e. The fourth-order valence-electron chi connectivity index (χ4n) is 3.48. The van der Waals surface area contributed by atoms with Crippen LogP contribution in [0.1, 0.15) is 10.4 Å². The minimum Gasteiger partial charge on any atom is -0.477 e.